The minimum Gasteiger partial charge on any atom is -0.372 e. The van der Waals surface area contributed by atoms with E-state index in [1.165, 1.54) is 38.5 Å². The van der Waals surface area contributed by atoms with E-state index in [0.717, 1.165) is 25.2 Å². The summed E-state index contributed by atoms with van der Waals surface area (Å²) in [6.45, 7) is 4.22. The molecular formula is C13H24N2O. The summed E-state index contributed by atoms with van der Waals surface area (Å²) in [7, 11) is 0. The molecule has 3 saturated heterocycles. The maximum Gasteiger partial charge on any atom is 0.0864 e. The van der Waals surface area contributed by atoms with Crippen molar-refractivity contribution in [2.45, 2.75) is 69.2 Å². The van der Waals surface area contributed by atoms with Gasteiger partial charge in [0.25, 0.3) is 0 Å². The Hall–Kier alpha value is -0.120. The fourth-order valence-corrected chi connectivity index (χ4v) is 3.97. The summed E-state index contributed by atoms with van der Waals surface area (Å²) in [5.41, 5.74) is 0.158. The summed E-state index contributed by atoms with van der Waals surface area (Å²) in [6.07, 6.45) is 7.68. The topological polar surface area (TPSA) is 33.3 Å². The van der Waals surface area contributed by atoms with Gasteiger partial charge in [-0.25, -0.2) is 0 Å². The average Bonchev–Trinajstić information content (AvgIpc) is 2.63. The van der Waals surface area contributed by atoms with Crippen LogP contribution in [0.4, 0.5) is 0 Å². The second kappa shape index (κ2) is 4.28. The molecule has 16 heavy (non-hydrogen) atoms. The quantitative estimate of drug-likeness (QED) is 0.744. The van der Waals surface area contributed by atoms with Crippen molar-refractivity contribution in [2.24, 2.45) is 0 Å². The molecule has 0 aromatic heterocycles. The van der Waals surface area contributed by atoms with E-state index in [1.54, 1.807) is 0 Å². The van der Waals surface area contributed by atoms with Crippen LogP contribution in [0.5, 0.6) is 0 Å². The lowest BCUT2D eigenvalue weighted by molar-refractivity contribution is -0.124. The lowest BCUT2D eigenvalue weighted by Gasteiger charge is -2.49. The van der Waals surface area contributed by atoms with Crippen LogP contribution >= 0.6 is 0 Å². The van der Waals surface area contributed by atoms with Gasteiger partial charge in [-0.05, 0) is 32.1 Å². The number of hydrogen-bond acceptors (Lipinski definition) is 3. The third-order valence-electron chi connectivity index (χ3n) is 4.61. The van der Waals surface area contributed by atoms with E-state index in [-0.39, 0.29) is 5.60 Å². The molecule has 3 aliphatic rings. The molecule has 0 aromatic carbocycles. The van der Waals surface area contributed by atoms with Crippen LogP contribution in [0.25, 0.3) is 0 Å². The van der Waals surface area contributed by atoms with Gasteiger partial charge in [0.05, 0.1) is 12.2 Å². The second-order valence-electron chi connectivity index (χ2n) is 5.75. The predicted molar refractivity (Wildman–Crippen MR) is 64.6 cm³/mol. The van der Waals surface area contributed by atoms with Crippen molar-refractivity contribution in [1.82, 2.24) is 10.6 Å². The van der Waals surface area contributed by atoms with Gasteiger partial charge in [0, 0.05) is 24.7 Å². The molecule has 3 atom stereocenters. The first-order valence-corrected chi connectivity index (χ1v) is 6.96. The molecule has 3 heteroatoms. The molecule has 3 aliphatic heterocycles. The average molecular weight is 224 g/mol. The summed E-state index contributed by atoms with van der Waals surface area (Å²) in [5, 5.41) is 7.41. The van der Waals surface area contributed by atoms with Crippen LogP contribution < -0.4 is 10.6 Å². The van der Waals surface area contributed by atoms with E-state index in [0.29, 0.717) is 6.04 Å². The first-order valence-electron chi connectivity index (χ1n) is 6.96. The van der Waals surface area contributed by atoms with Crippen molar-refractivity contribution in [2.75, 3.05) is 13.2 Å². The highest BCUT2D eigenvalue weighted by molar-refractivity contribution is 5.07. The first kappa shape index (κ1) is 11.0. The molecule has 3 unspecified atom stereocenters. The predicted octanol–water partition coefficient (Wildman–Crippen LogP) is 1.43. The number of hydrogen-bond donors (Lipinski definition) is 2. The lowest BCUT2D eigenvalue weighted by atomic mass is 9.78. The number of ether oxygens (including phenoxy) is 1. The van der Waals surface area contributed by atoms with Crippen LogP contribution in [0.15, 0.2) is 0 Å². The first-order chi connectivity index (χ1) is 7.82. The summed E-state index contributed by atoms with van der Waals surface area (Å²) in [4.78, 5) is 0. The van der Waals surface area contributed by atoms with E-state index in [2.05, 4.69) is 17.6 Å². The minimum absolute atomic E-state index is 0.158. The normalized spacial score (nSPS) is 47.4. The summed E-state index contributed by atoms with van der Waals surface area (Å²) in [6, 6.07) is 2.03. The van der Waals surface area contributed by atoms with Crippen molar-refractivity contribution in [3.05, 3.63) is 0 Å². The number of rotatable bonds is 2. The SMILES string of the molecule is CCCC1NCCOC12CC1CCC(C2)N1. The molecule has 0 saturated carbocycles. The van der Waals surface area contributed by atoms with Crippen molar-refractivity contribution in [3.63, 3.8) is 0 Å². The van der Waals surface area contributed by atoms with Gasteiger partial charge in [0.2, 0.25) is 0 Å². The Morgan fingerprint density at radius 1 is 1.25 bits per heavy atom. The van der Waals surface area contributed by atoms with Crippen LogP contribution in [-0.2, 0) is 4.74 Å². The van der Waals surface area contributed by atoms with Crippen molar-refractivity contribution >= 4 is 0 Å². The molecule has 1 spiro atoms. The summed E-state index contributed by atoms with van der Waals surface area (Å²) in [5.74, 6) is 0. The Labute approximate surface area is 98.3 Å². The molecule has 0 aliphatic carbocycles. The molecule has 92 valence electrons. The van der Waals surface area contributed by atoms with Crippen LogP contribution in [0, 0.1) is 0 Å². The zero-order valence-electron chi connectivity index (χ0n) is 10.3. The zero-order valence-corrected chi connectivity index (χ0v) is 10.3. The molecule has 0 amide bonds. The third kappa shape index (κ3) is 1.79. The van der Waals surface area contributed by atoms with Gasteiger partial charge in [0.15, 0.2) is 0 Å². The third-order valence-corrected chi connectivity index (χ3v) is 4.61. The molecular weight excluding hydrogens is 200 g/mol. The highest BCUT2D eigenvalue weighted by atomic mass is 16.5. The van der Waals surface area contributed by atoms with Crippen LogP contribution in [0.2, 0.25) is 0 Å². The molecule has 3 fully saturated rings. The summed E-state index contributed by atoms with van der Waals surface area (Å²) < 4.78 is 6.25. The standard InChI is InChI=1S/C13H24N2O/c1-2-3-12-13(16-7-6-14-12)8-10-4-5-11(9-13)15-10/h10-12,14-15H,2-9H2,1H3. The van der Waals surface area contributed by atoms with Gasteiger partial charge in [-0.2, -0.15) is 0 Å². The van der Waals surface area contributed by atoms with Gasteiger partial charge in [0.1, 0.15) is 0 Å². The molecule has 0 radical (unpaired) electrons. The Morgan fingerprint density at radius 3 is 2.69 bits per heavy atom. The number of nitrogens with one attached hydrogen (secondary N) is 2. The van der Waals surface area contributed by atoms with Crippen LogP contribution in [0.1, 0.15) is 45.4 Å². The highest BCUT2D eigenvalue weighted by Crippen LogP contribution is 2.40. The number of morpholine rings is 1. The molecule has 3 rings (SSSR count). The van der Waals surface area contributed by atoms with Crippen molar-refractivity contribution in [3.8, 4) is 0 Å². The Balaban J connectivity index is 1.78. The van der Waals surface area contributed by atoms with Crippen molar-refractivity contribution in [1.29, 1.82) is 0 Å². The van der Waals surface area contributed by atoms with Crippen LogP contribution in [-0.4, -0.2) is 36.9 Å². The van der Waals surface area contributed by atoms with Crippen molar-refractivity contribution < 1.29 is 4.74 Å². The highest BCUT2D eigenvalue weighted by Gasteiger charge is 2.49. The van der Waals surface area contributed by atoms with E-state index < -0.39 is 0 Å². The smallest absolute Gasteiger partial charge is 0.0864 e. The second-order valence-corrected chi connectivity index (χ2v) is 5.75. The summed E-state index contributed by atoms with van der Waals surface area (Å²) >= 11 is 0. The van der Waals surface area contributed by atoms with Gasteiger partial charge in [-0.1, -0.05) is 13.3 Å². The Morgan fingerprint density at radius 2 is 2.00 bits per heavy atom. The zero-order chi connectivity index (χ0) is 11.0. The molecule has 0 aromatic rings. The van der Waals surface area contributed by atoms with Gasteiger partial charge < -0.3 is 15.4 Å². The van der Waals surface area contributed by atoms with Gasteiger partial charge in [-0.15, -0.1) is 0 Å². The lowest BCUT2D eigenvalue weighted by Crippen LogP contribution is -2.63. The van der Waals surface area contributed by atoms with E-state index >= 15 is 0 Å². The molecule has 2 bridgehead atoms. The maximum absolute atomic E-state index is 6.25. The molecule has 3 nitrogen and oxygen atoms in total. The largest absolute Gasteiger partial charge is 0.372 e. The Kier molecular flexibility index (Phi) is 2.94. The van der Waals surface area contributed by atoms with Crippen LogP contribution in [0.3, 0.4) is 0 Å². The van der Waals surface area contributed by atoms with Gasteiger partial charge >= 0.3 is 0 Å². The molecule has 3 heterocycles. The fourth-order valence-electron chi connectivity index (χ4n) is 3.97. The van der Waals surface area contributed by atoms with Gasteiger partial charge in [-0.3, -0.25) is 0 Å². The number of fused-ring (bicyclic) bond motifs is 2. The van der Waals surface area contributed by atoms with E-state index in [1.807, 2.05) is 0 Å². The maximum atomic E-state index is 6.25. The van der Waals surface area contributed by atoms with E-state index in [9.17, 15) is 0 Å². The molecule has 2 N–H and O–H groups in total. The minimum atomic E-state index is 0.158. The number of piperidine rings is 1. The fraction of sp³-hybridized carbons (Fsp3) is 1.00. The van der Waals surface area contributed by atoms with E-state index in [4.69, 9.17) is 4.74 Å². The Bertz CT molecular complexity index is 242. The monoisotopic (exact) mass is 224 g/mol.